The van der Waals surface area contributed by atoms with Gasteiger partial charge in [0.25, 0.3) is 0 Å². The molecule has 39 heavy (non-hydrogen) atoms. The highest BCUT2D eigenvalue weighted by Crippen LogP contribution is 2.42. The van der Waals surface area contributed by atoms with E-state index < -0.39 is 68.5 Å². The minimum Gasteiger partial charge on any atom is -0.468 e. The molecule has 0 aliphatic carbocycles. The van der Waals surface area contributed by atoms with Crippen molar-refractivity contribution in [2.24, 2.45) is 11.8 Å². The maximum Gasteiger partial charge on any atom is 0.351 e. The molecule has 0 aromatic carbocycles. The number of aliphatic hydroxyl groups is 2. The summed E-state index contributed by atoms with van der Waals surface area (Å²) in [5, 5.41) is 26.5. The zero-order valence-corrected chi connectivity index (χ0v) is 23.9. The Kier molecular flexibility index (Phi) is 12.0. The topological polar surface area (TPSA) is 214 Å². The second-order valence-corrected chi connectivity index (χ2v) is 12.0. The molecule has 1 fully saturated rings. The molecule has 0 saturated carbocycles. The number of ether oxygens (including phenoxy) is 3. The van der Waals surface area contributed by atoms with Crippen LogP contribution in [0.2, 0.25) is 0 Å². The van der Waals surface area contributed by atoms with E-state index in [1.807, 2.05) is 27.7 Å². The third-order valence-electron chi connectivity index (χ3n) is 5.92. The highest BCUT2D eigenvalue weighted by molar-refractivity contribution is 7.54. The van der Waals surface area contributed by atoms with Gasteiger partial charge in [-0.2, -0.15) is 4.98 Å². The highest BCUT2D eigenvalue weighted by atomic mass is 31.2. The molecule has 222 valence electrons. The first-order chi connectivity index (χ1) is 18.2. The molecule has 6 N–H and O–H groups in total. The van der Waals surface area contributed by atoms with Crippen molar-refractivity contribution < 1.29 is 43.1 Å². The van der Waals surface area contributed by atoms with Crippen LogP contribution in [-0.2, 0) is 32.9 Å². The number of esters is 2. The number of nitrogens with two attached hydrogens (primary N) is 1. The van der Waals surface area contributed by atoms with Crippen LogP contribution in [0.4, 0.5) is 5.82 Å². The SMILES string of the molecule is COC(=O)[C@H](CC(C)C)NP(=O)(N[C@@H](CC(C)C)C(=O)OC)OC[C@H]1O[C@@H](n2ccc(N)nc2=O)C(O)C1O. The van der Waals surface area contributed by atoms with Gasteiger partial charge in [0, 0.05) is 6.20 Å². The standard InChI is InChI=1S/C23H40N5O10P/c1-12(2)9-14(21(31)35-5)26-39(34,27-15(10-13(3)4)22(32)36-6)37-11-16-18(29)19(30)20(38-16)28-8-7-17(24)25-23(28)33/h7-8,12-16,18-20,29-30H,9-11H2,1-6H3,(H2,24,25,33)(H2,26,27,34)/t14-,15-,16+,18?,19?,20+/m0/s1. The van der Waals surface area contributed by atoms with Crippen molar-refractivity contribution in [3.63, 3.8) is 0 Å². The van der Waals surface area contributed by atoms with Gasteiger partial charge in [-0.25, -0.2) is 15.0 Å². The van der Waals surface area contributed by atoms with Gasteiger partial charge in [0.2, 0.25) is 0 Å². The summed E-state index contributed by atoms with van der Waals surface area (Å²) < 4.78 is 36.1. The average Bonchev–Trinajstić information content (AvgIpc) is 3.13. The number of hydrogen-bond acceptors (Lipinski definition) is 12. The van der Waals surface area contributed by atoms with Crippen LogP contribution < -0.4 is 21.6 Å². The van der Waals surface area contributed by atoms with Gasteiger partial charge in [0.1, 0.15) is 36.2 Å². The second-order valence-electron chi connectivity index (χ2n) is 10.1. The quantitative estimate of drug-likeness (QED) is 0.145. The summed E-state index contributed by atoms with van der Waals surface area (Å²) in [6.45, 7) is 6.85. The van der Waals surface area contributed by atoms with Crippen molar-refractivity contribution in [2.45, 2.75) is 77.2 Å². The Morgan fingerprint density at radius 3 is 2.03 bits per heavy atom. The first-order valence-corrected chi connectivity index (χ1v) is 14.2. The molecule has 1 saturated heterocycles. The summed E-state index contributed by atoms with van der Waals surface area (Å²) in [5.74, 6) is -1.45. The summed E-state index contributed by atoms with van der Waals surface area (Å²) in [6.07, 6.45) is -3.99. The summed E-state index contributed by atoms with van der Waals surface area (Å²) in [5.41, 5.74) is 4.69. The van der Waals surface area contributed by atoms with Gasteiger partial charge < -0.3 is 34.7 Å². The molecule has 1 aliphatic heterocycles. The van der Waals surface area contributed by atoms with Crippen molar-refractivity contribution >= 4 is 25.4 Å². The fourth-order valence-electron chi connectivity index (χ4n) is 4.05. The molecule has 2 heterocycles. The van der Waals surface area contributed by atoms with E-state index in [0.29, 0.717) is 0 Å². The molecule has 0 amide bonds. The first kappa shape index (κ1) is 32.8. The molecule has 1 aromatic rings. The van der Waals surface area contributed by atoms with Gasteiger partial charge in [-0.3, -0.25) is 18.7 Å². The van der Waals surface area contributed by atoms with Crippen LogP contribution in [0.3, 0.4) is 0 Å². The summed E-state index contributed by atoms with van der Waals surface area (Å²) >= 11 is 0. The number of carbonyl (C=O) groups is 2. The van der Waals surface area contributed by atoms with Crippen LogP contribution in [0.25, 0.3) is 0 Å². The molecule has 2 unspecified atom stereocenters. The molecule has 0 radical (unpaired) electrons. The summed E-state index contributed by atoms with van der Waals surface area (Å²) in [7, 11) is -1.89. The van der Waals surface area contributed by atoms with E-state index in [1.165, 1.54) is 26.5 Å². The lowest BCUT2D eigenvalue weighted by Crippen LogP contribution is -2.46. The molecule has 0 bridgehead atoms. The van der Waals surface area contributed by atoms with Crippen LogP contribution in [0.1, 0.15) is 46.8 Å². The number of nitrogens with one attached hydrogen (secondary N) is 2. The van der Waals surface area contributed by atoms with E-state index in [4.69, 9.17) is 24.5 Å². The van der Waals surface area contributed by atoms with Crippen molar-refractivity contribution in [1.82, 2.24) is 19.7 Å². The van der Waals surface area contributed by atoms with Gasteiger partial charge >= 0.3 is 25.3 Å². The van der Waals surface area contributed by atoms with Crippen molar-refractivity contribution in [1.29, 1.82) is 0 Å². The van der Waals surface area contributed by atoms with Gasteiger partial charge in [-0.15, -0.1) is 0 Å². The predicted octanol–water partition coefficient (Wildman–Crippen LogP) is -0.0760. The molecule has 1 aromatic heterocycles. The number of methoxy groups -OCH3 is 2. The number of carbonyl (C=O) groups excluding carboxylic acids is 2. The van der Waals surface area contributed by atoms with Crippen LogP contribution in [0.5, 0.6) is 0 Å². The monoisotopic (exact) mass is 577 g/mol. The normalized spacial score (nSPS) is 23.1. The Morgan fingerprint density at radius 2 is 1.59 bits per heavy atom. The largest absolute Gasteiger partial charge is 0.468 e. The van der Waals surface area contributed by atoms with Crippen molar-refractivity contribution in [2.75, 3.05) is 26.6 Å². The van der Waals surface area contributed by atoms with Gasteiger partial charge in [-0.1, -0.05) is 27.7 Å². The fourth-order valence-corrected chi connectivity index (χ4v) is 5.87. The van der Waals surface area contributed by atoms with E-state index in [2.05, 4.69) is 15.2 Å². The van der Waals surface area contributed by atoms with Crippen molar-refractivity contribution in [3.8, 4) is 0 Å². The van der Waals surface area contributed by atoms with Crippen LogP contribution >= 0.6 is 7.67 Å². The van der Waals surface area contributed by atoms with E-state index >= 15 is 0 Å². The zero-order chi connectivity index (χ0) is 29.5. The lowest BCUT2D eigenvalue weighted by atomic mass is 10.1. The molecular weight excluding hydrogens is 537 g/mol. The Balaban J connectivity index is 2.32. The highest BCUT2D eigenvalue weighted by Gasteiger charge is 2.46. The Morgan fingerprint density at radius 1 is 1.08 bits per heavy atom. The van der Waals surface area contributed by atoms with Gasteiger partial charge in [0.05, 0.1) is 20.8 Å². The number of rotatable bonds is 14. The van der Waals surface area contributed by atoms with Crippen LogP contribution in [0.15, 0.2) is 17.1 Å². The van der Waals surface area contributed by atoms with E-state index in [0.717, 1.165) is 4.57 Å². The predicted molar refractivity (Wildman–Crippen MR) is 139 cm³/mol. The number of aromatic nitrogens is 2. The molecule has 2 rings (SSSR count). The molecule has 1 aliphatic rings. The summed E-state index contributed by atoms with van der Waals surface area (Å²) in [4.78, 5) is 40.7. The van der Waals surface area contributed by atoms with E-state index in [1.54, 1.807) is 0 Å². The maximum atomic E-state index is 14.1. The summed E-state index contributed by atoms with van der Waals surface area (Å²) in [6, 6.07) is -0.824. The molecule has 15 nitrogen and oxygen atoms in total. The number of nitrogen functional groups attached to an aromatic ring is 1. The Labute approximate surface area is 226 Å². The van der Waals surface area contributed by atoms with Crippen LogP contribution in [0, 0.1) is 11.8 Å². The smallest absolute Gasteiger partial charge is 0.351 e. The average molecular weight is 578 g/mol. The molecule has 16 heteroatoms. The first-order valence-electron chi connectivity index (χ1n) is 12.5. The van der Waals surface area contributed by atoms with Crippen LogP contribution in [-0.4, -0.2) is 82.9 Å². The molecule has 6 atom stereocenters. The van der Waals surface area contributed by atoms with Crippen molar-refractivity contribution in [3.05, 3.63) is 22.7 Å². The zero-order valence-electron chi connectivity index (χ0n) is 23.0. The molecular formula is C23H40N5O10P. The number of hydrogen-bond donors (Lipinski definition) is 5. The minimum atomic E-state index is -4.26. The lowest BCUT2D eigenvalue weighted by Gasteiger charge is -2.30. The van der Waals surface area contributed by atoms with E-state index in [9.17, 15) is 29.2 Å². The minimum absolute atomic E-state index is 0.00941. The van der Waals surface area contributed by atoms with E-state index in [-0.39, 0.29) is 30.5 Å². The number of anilines is 1. The number of nitrogens with zero attached hydrogens (tertiary/aromatic N) is 2. The second kappa shape index (κ2) is 14.3. The lowest BCUT2D eigenvalue weighted by molar-refractivity contribution is -0.143. The van der Waals surface area contributed by atoms with Gasteiger partial charge in [-0.05, 0) is 30.7 Å². The third kappa shape index (κ3) is 9.07. The Bertz CT molecular complexity index is 1050. The number of aliphatic hydroxyl groups excluding tert-OH is 2. The Hall–Kier alpha value is -2.39. The maximum absolute atomic E-state index is 14.1. The fraction of sp³-hybridized carbons (Fsp3) is 0.739. The molecule has 0 spiro atoms. The van der Waals surface area contributed by atoms with Gasteiger partial charge in [0.15, 0.2) is 6.23 Å². The third-order valence-corrected chi connectivity index (χ3v) is 7.74.